The van der Waals surface area contributed by atoms with Gasteiger partial charge >= 0.3 is 0 Å². The number of aromatic nitrogens is 2. The van der Waals surface area contributed by atoms with Crippen molar-refractivity contribution in [1.82, 2.24) is 9.55 Å². The van der Waals surface area contributed by atoms with Crippen molar-refractivity contribution in [3.63, 3.8) is 0 Å². The van der Waals surface area contributed by atoms with Crippen molar-refractivity contribution in [2.45, 2.75) is 33.9 Å². The summed E-state index contributed by atoms with van der Waals surface area (Å²) in [5.41, 5.74) is 4.23. The van der Waals surface area contributed by atoms with Crippen LogP contribution in [0.15, 0.2) is 24.7 Å². The molecule has 0 atom stereocenters. The highest BCUT2D eigenvalue weighted by atomic mass is 16.2. The molecule has 1 aromatic carbocycles. The molecule has 3 rings (SSSR count). The summed E-state index contributed by atoms with van der Waals surface area (Å²) in [5, 5.41) is 0. The van der Waals surface area contributed by atoms with Crippen LogP contribution in [0.3, 0.4) is 0 Å². The highest BCUT2D eigenvalue weighted by Gasteiger charge is 2.37. The lowest BCUT2D eigenvalue weighted by molar-refractivity contribution is -0.114. The molecule has 1 amide bonds. The Morgan fingerprint density at radius 2 is 1.95 bits per heavy atom. The summed E-state index contributed by atoms with van der Waals surface area (Å²) in [4.78, 5) is 30.1. The molecule has 21 heavy (non-hydrogen) atoms. The Balaban J connectivity index is 2.07. The maximum absolute atomic E-state index is 12.3. The van der Waals surface area contributed by atoms with Crippen LogP contribution in [0.1, 0.15) is 34.1 Å². The van der Waals surface area contributed by atoms with E-state index in [0.717, 1.165) is 29.1 Å². The van der Waals surface area contributed by atoms with Crippen LogP contribution in [0.25, 0.3) is 0 Å². The van der Waals surface area contributed by atoms with E-state index in [1.807, 2.05) is 31.4 Å². The number of imidazole rings is 1. The number of Topliss-reactive ketones (excluding diaryl/α,β-unsaturated/α-hetero) is 1. The van der Waals surface area contributed by atoms with Crippen LogP contribution in [0.5, 0.6) is 0 Å². The van der Waals surface area contributed by atoms with E-state index in [9.17, 15) is 9.59 Å². The Kier molecular flexibility index (Phi) is 3.12. The first kappa shape index (κ1) is 13.5. The number of rotatable bonds is 3. The van der Waals surface area contributed by atoms with E-state index < -0.39 is 11.7 Å². The first-order valence-corrected chi connectivity index (χ1v) is 7.00. The standard InChI is InChI=1S/C16H17N3O2/c1-4-18-9-17-7-12(18)8-19-14-11(3)10(2)5-6-13(14)15(20)16(19)21/h5-7,9H,4,8H2,1-3H3. The van der Waals surface area contributed by atoms with Crippen molar-refractivity contribution in [3.05, 3.63) is 47.0 Å². The molecule has 1 aliphatic heterocycles. The summed E-state index contributed by atoms with van der Waals surface area (Å²) in [6.07, 6.45) is 3.48. The molecule has 0 bridgehead atoms. The van der Waals surface area contributed by atoms with Gasteiger partial charge in [-0.25, -0.2) is 4.98 Å². The van der Waals surface area contributed by atoms with Crippen LogP contribution in [0.4, 0.5) is 5.69 Å². The molecule has 2 aromatic rings. The molecule has 0 N–H and O–H groups in total. The van der Waals surface area contributed by atoms with Crippen molar-refractivity contribution in [2.75, 3.05) is 4.90 Å². The van der Waals surface area contributed by atoms with Gasteiger partial charge in [0.2, 0.25) is 0 Å². The lowest BCUT2D eigenvalue weighted by atomic mass is 10.0. The predicted molar refractivity (Wildman–Crippen MR) is 79.3 cm³/mol. The molecule has 1 aliphatic rings. The van der Waals surface area contributed by atoms with Crippen LogP contribution >= 0.6 is 0 Å². The number of carbonyl (C=O) groups is 2. The van der Waals surface area contributed by atoms with Gasteiger partial charge in [0.25, 0.3) is 11.7 Å². The van der Waals surface area contributed by atoms with Gasteiger partial charge in [0.1, 0.15) is 0 Å². The minimum absolute atomic E-state index is 0.371. The molecule has 0 saturated heterocycles. The summed E-state index contributed by atoms with van der Waals surface area (Å²) >= 11 is 0. The van der Waals surface area contributed by atoms with Gasteiger partial charge < -0.3 is 4.57 Å². The maximum Gasteiger partial charge on any atom is 0.299 e. The zero-order chi connectivity index (χ0) is 15.1. The van der Waals surface area contributed by atoms with Gasteiger partial charge in [0.05, 0.1) is 29.8 Å². The average Bonchev–Trinajstić information content (AvgIpc) is 3.02. The first-order chi connectivity index (χ1) is 10.0. The summed E-state index contributed by atoms with van der Waals surface area (Å²) in [6, 6.07) is 3.63. The molecular weight excluding hydrogens is 266 g/mol. The molecule has 5 nitrogen and oxygen atoms in total. The Hall–Kier alpha value is -2.43. The molecular formula is C16H17N3O2. The topological polar surface area (TPSA) is 55.2 Å². The second-order valence-corrected chi connectivity index (χ2v) is 5.30. The number of carbonyl (C=O) groups excluding carboxylic acids is 2. The third kappa shape index (κ3) is 1.96. The van der Waals surface area contributed by atoms with Crippen molar-refractivity contribution < 1.29 is 9.59 Å². The first-order valence-electron chi connectivity index (χ1n) is 7.00. The summed E-state index contributed by atoms with van der Waals surface area (Å²) < 4.78 is 1.97. The Morgan fingerprint density at radius 1 is 1.19 bits per heavy atom. The molecule has 0 saturated carbocycles. The fourth-order valence-electron chi connectivity index (χ4n) is 2.75. The Bertz CT molecular complexity index is 746. The van der Waals surface area contributed by atoms with Gasteiger partial charge in [-0.2, -0.15) is 0 Å². The molecule has 0 spiro atoms. The maximum atomic E-state index is 12.3. The van der Waals surface area contributed by atoms with Crippen molar-refractivity contribution in [3.8, 4) is 0 Å². The molecule has 0 radical (unpaired) electrons. The predicted octanol–water partition coefficient (Wildman–Crippen LogP) is 2.25. The highest BCUT2D eigenvalue weighted by molar-refractivity contribution is 6.52. The van der Waals surface area contributed by atoms with Gasteiger partial charge in [-0.1, -0.05) is 6.07 Å². The zero-order valence-corrected chi connectivity index (χ0v) is 12.4. The van der Waals surface area contributed by atoms with E-state index in [2.05, 4.69) is 4.98 Å². The molecule has 1 aromatic heterocycles. The number of aryl methyl sites for hydroxylation is 2. The van der Waals surface area contributed by atoms with Gasteiger partial charge in [0.15, 0.2) is 0 Å². The molecule has 2 heterocycles. The minimum atomic E-state index is -0.456. The number of benzene rings is 1. The van der Waals surface area contributed by atoms with E-state index in [4.69, 9.17) is 0 Å². The normalized spacial score (nSPS) is 14.0. The van der Waals surface area contributed by atoms with E-state index in [1.165, 1.54) is 0 Å². The van der Waals surface area contributed by atoms with Gasteiger partial charge in [0, 0.05) is 12.7 Å². The van der Waals surface area contributed by atoms with E-state index in [-0.39, 0.29) is 0 Å². The van der Waals surface area contributed by atoms with Gasteiger partial charge in [-0.15, -0.1) is 0 Å². The highest BCUT2D eigenvalue weighted by Crippen LogP contribution is 2.35. The number of hydrogen-bond acceptors (Lipinski definition) is 3. The number of nitrogens with zero attached hydrogens (tertiary/aromatic N) is 3. The number of hydrogen-bond donors (Lipinski definition) is 0. The Morgan fingerprint density at radius 3 is 2.67 bits per heavy atom. The summed E-state index contributed by atoms with van der Waals surface area (Å²) in [6.45, 7) is 7.10. The smallest absolute Gasteiger partial charge is 0.299 e. The molecule has 0 unspecified atom stereocenters. The monoisotopic (exact) mass is 283 g/mol. The zero-order valence-electron chi connectivity index (χ0n) is 12.4. The van der Waals surface area contributed by atoms with Crippen molar-refractivity contribution >= 4 is 17.4 Å². The fraction of sp³-hybridized carbons (Fsp3) is 0.312. The Labute approximate surface area is 123 Å². The van der Waals surface area contributed by atoms with E-state index in [1.54, 1.807) is 23.5 Å². The quantitative estimate of drug-likeness (QED) is 0.812. The molecule has 0 fully saturated rings. The number of fused-ring (bicyclic) bond motifs is 1. The lowest BCUT2D eigenvalue weighted by Gasteiger charge is -2.20. The third-order valence-electron chi connectivity index (χ3n) is 4.12. The number of amides is 1. The van der Waals surface area contributed by atoms with E-state index in [0.29, 0.717) is 12.1 Å². The van der Waals surface area contributed by atoms with Crippen molar-refractivity contribution in [2.24, 2.45) is 0 Å². The van der Waals surface area contributed by atoms with Crippen LogP contribution < -0.4 is 4.90 Å². The second-order valence-electron chi connectivity index (χ2n) is 5.30. The van der Waals surface area contributed by atoms with Gasteiger partial charge in [-0.05, 0) is 38.0 Å². The average molecular weight is 283 g/mol. The van der Waals surface area contributed by atoms with Crippen LogP contribution in [-0.2, 0) is 17.9 Å². The van der Waals surface area contributed by atoms with Crippen molar-refractivity contribution in [1.29, 1.82) is 0 Å². The van der Waals surface area contributed by atoms with Gasteiger partial charge in [-0.3, -0.25) is 14.5 Å². The molecule has 108 valence electrons. The van der Waals surface area contributed by atoms with E-state index >= 15 is 0 Å². The molecule has 5 heteroatoms. The summed E-state index contributed by atoms with van der Waals surface area (Å²) in [5.74, 6) is -0.877. The number of anilines is 1. The SMILES string of the molecule is CCn1cncc1CN1C(=O)C(=O)c2ccc(C)c(C)c21. The minimum Gasteiger partial charge on any atom is -0.333 e. The third-order valence-corrected chi connectivity index (χ3v) is 4.12. The largest absolute Gasteiger partial charge is 0.333 e. The molecule has 0 aliphatic carbocycles. The fourth-order valence-corrected chi connectivity index (χ4v) is 2.75. The van der Waals surface area contributed by atoms with Crippen LogP contribution in [-0.4, -0.2) is 21.2 Å². The second kappa shape index (κ2) is 4.84. The van der Waals surface area contributed by atoms with Crippen LogP contribution in [0, 0.1) is 13.8 Å². The summed E-state index contributed by atoms with van der Waals surface area (Å²) in [7, 11) is 0. The lowest BCUT2D eigenvalue weighted by Crippen LogP contribution is -2.30. The van der Waals surface area contributed by atoms with Crippen LogP contribution in [0.2, 0.25) is 0 Å². The number of ketones is 1.